The lowest BCUT2D eigenvalue weighted by molar-refractivity contribution is 0.0600. The van der Waals surface area contributed by atoms with Crippen molar-refractivity contribution < 1.29 is 14.3 Å². The maximum atomic E-state index is 11.3. The molecule has 1 aliphatic heterocycles. The molecular weight excluding hydrogens is 238 g/mol. The van der Waals surface area contributed by atoms with Crippen LogP contribution < -0.4 is 0 Å². The lowest BCUT2D eigenvalue weighted by Crippen LogP contribution is -2.30. The van der Waals surface area contributed by atoms with Crippen molar-refractivity contribution in [3.05, 3.63) is 29.8 Å². The summed E-state index contributed by atoms with van der Waals surface area (Å²) in [5.41, 5.74) is 0.582. The summed E-state index contributed by atoms with van der Waals surface area (Å²) in [5, 5.41) is 0. The van der Waals surface area contributed by atoms with Crippen LogP contribution in [-0.4, -0.2) is 43.7 Å². The Bertz CT molecular complexity index is 374. The molecule has 0 saturated carbocycles. The summed E-state index contributed by atoms with van der Waals surface area (Å²) in [7, 11) is 1.39. The van der Waals surface area contributed by atoms with Gasteiger partial charge in [-0.15, -0.1) is 0 Å². The highest BCUT2D eigenvalue weighted by Gasteiger charge is 2.12. The van der Waals surface area contributed by atoms with Crippen LogP contribution in [0.4, 0.5) is 0 Å². The minimum absolute atomic E-state index is 0.298. The van der Waals surface area contributed by atoms with Crippen LogP contribution in [0, 0.1) is 0 Å². The molecule has 1 heterocycles. The molecule has 0 spiro atoms. The third kappa shape index (κ3) is 3.46. The molecular formula is C12H15NO3S. The second-order valence-electron chi connectivity index (χ2n) is 3.65. The molecule has 0 radical (unpaired) electrons. The highest BCUT2D eigenvalue weighted by molar-refractivity contribution is 7.97. The van der Waals surface area contributed by atoms with Gasteiger partial charge in [-0.25, -0.2) is 9.10 Å². The van der Waals surface area contributed by atoms with Crippen LogP contribution in [0.2, 0.25) is 0 Å². The second kappa shape index (κ2) is 6.05. The van der Waals surface area contributed by atoms with E-state index in [0.29, 0.717) is 5.56 Å². The number of carbonyl (C=O) groups excluding carboxylic acids is 1. The van der Waals surface area contributed by atoms with Gasteiger partial charge < -0.3 is 9.47 Å². The Labute approximate surface area is 105 Å². The monoisotopic (exact) mass is 253 g/mol. The van der Waals surface area contributed by atoms with Gasteiger partial charge in [0.05, 0.1) is 25.9 Å². The Hall–Kier alpha value is -1.04. The minimum Gasteiger partial charge on any atom is -0.465 e. The first-order chi connectivity index (χ1) is 8.29. The molecule has 0 atom stereocenters. The Morgan fingerprint density at radius 2 is 1.94 bits per heavy atom. The summed E-state index contributed by atoms with van der Waals surface area (Å²) >= 11 is 1.69. The zero-order valence-electron chi connectivity index (χ0n) is 9.72. The molecule has 0 bridgehead atoms. The van der Waals surface area contributed by atoms with Crippen LogP contribution in [0.3, 0.4) is 0 Å². The summed E-state index contributed by atoms with van der Waals surface area (Å²) in [6.07, 6.45) is 0. The maximum absolute atomic E-state index is 11.3. The molecule has 0 aromatic heterocycles. The predicted octanol–water partition coefficient (Wildman–Crippen LogP) is 1.81. The molecule has 5 heteroatoms. The van der Waals surface area contributed by atoms with Gasteiger partial charge in [-0.3, -0.25) is 0 Å². The molecule has 1 aromatic rings. The van der Waals surface area contributed by atoms with Crippen molar-refractivity contribution >= 4 is 17.9 Å². The van der Waals surface area contributed by atoms with Gasteiger partial charge >= 0.3 is 5.97 Å². The van der Waals surface area contributed by atoms with E-state index in [4.69, 9.17) is 4.74 Å². The zero-order valence-corrected chi connectivity index (χ0v) is 10.5. The standard InChI is InChI=1S/C12H15NO3S/c1-15-12(14)10-2-4-11(5-3-10)17-13-6-8-16-9-7-13/h2-5H,6-9H2,1H3. The second-order valence-corrected chi connectivity index (χ2v) is 4.82. The Kier molecular flexibility index (Phi) is 4.42. The van der Waals surface area contributed by atoms with Gasteiger partial charge in [-0.2, -0.15) is 0 Å². The van der Waals surface area contributed by atoms with Crippen LogP contribution in [0.25, 0.3) is 0 Å². The summed E-state index contributed by atoms with van der Waals surface area (Å²) < 4.78 is 12.2. The Morgan fingerprint density at radius 1 is 1.29 bits per heavy atom. The average molecular weight is 253 g/mol. The van der Waals surface area contributed by atoms with Crippen molar-refractivity contribution in [2.24, 2.45) is 0 Å². The molecule has 0 aliphatic carbocycles. The van der Waals surface area contributed by atoms with Crippen LogP contribution in [0.1, 0.15) is 10.4 Å². The van der Waals surface area contributed by atoms with Crippen molar-refractivity contribution in [1.29, 1.82) is 0 Å². The quantitative estimate of drug-likeness (QED) is 0.607. The number of carbonyl (C=O) groups is 1. The van der Waals surface area contributed by atoms with Gasteiger partial charge in [0.25, 0.3) is 0 Å². The van der Waals surface area contributed by atoms with Gasteiger partial charge in [-0.1, -0.05) is 0 Å². The lowest BCUT2D eigenvalue weighted by atomic mass is 10.2. The number of hydrogen-bond acceptors (Lipinski definition) is 5. The maximum Gasteiger partial charge on any atom is 0.337 e. The Morgan fingerprint density at radius 3 is 2.53 bits per heavy atom. The van der Waals surface area contributed by atoms with Crippen LogP contribution in [0.15, 0.2) is 29.2 Å². The number of morpholine rings is 1. The normalized spacial score (nSPS) is 16.8. The van der Waals surface area contributed by atoms with Gasteiger partial charge in [-0.05, 0) is 36.2 Å². The third-order valence-electron chi connectivity index (χ3n) is 2.48. The zero-order chi connectivity index (χ0) is 12.1. The number of ether oxygens (including phenoxy) is 2. The fraction of sp³-hybridized carbons (Fsp3) is 0.417. The smallest absolute Gasteiger partial charge is 0.337 e. The van der Waals surface area contributed by atoms with Gasteiger partial charge in [0, 0.05) is 18.0 Å². The number of methoxy groups -OCH3 is 1. The number of hydrogen-bond donors (Lipinski definition) is 0. The molecule has 1 aromatic carbocycles. The molecule has 1 fully saturated rings. The van der Waals surface area contributed by atoms with Crippen molar-refractivity contribution in [3.63, 3.8) is 0 Å². The van der Waals surface area contributed by atoms with Crippen LogP contribution >= 0.6 is 11.9 Å². The molecule has 0 amide bonds. The van der Waals surface area contributed by atoms with E-state index in [-0.39, 0.29) is 5.97 Å². The van der Waals surface area contributed by atoms with E-state index in [1.54, 1.807) is 24.1 Å². The van der Waals surface area contributed by atoms with Crippen molar-refractivity contribution in [3.8, 4) is 0 Å². The predicted molar refractivity (Wildman–Crippen MR) is 66.0 cm³/mol. The first-order valence-electron chi connectivity index (χ1n) is 5.48. The van der Waals surface area contributed by atoms with E-state index >= 15 is 0 Å². The van der Waals surface area contributed by atoms with E-state index in [2.05, 4.69) is 9.04 Å². The lowest BCUT2D eigenvalue weighted by Gasteiger charge is -2.25. The number of rotatable bonds is 3. The summed E-state index contributed by atoms with van der Waals surface area (Å²) in [5.74, 6) is -0.298. The van der Waals surface area contributed by atoms with Gasteiger partial charge in [0.1, 0.15) is 0 Å². The van der Waals surface area contributed by atoms with Crippen LogP contribution in [0.5, 0.6) is 0 Å². The average Bonchev–Trinajstić information content (AvgIpc) is 2.40. The van der Waals surface area contributed by atoms with Crippen molar-refractivity contribution in [1.82, 2.24) is 4.31 Å². The van der Waals surface area contributed by atoms with Crippen molar-refractivity contribution in [2.75, 3.05) is 33.4 Å². The fourth-order valence-electron chi connectivity index (χ4n) is 1.56. The Balaban J connectivity index is 1.95. The largest absolute Gasteiger partial charge is 0.465 e. The van der Waals surface area contributed by atoms with E-state index in [0.717, 1.165) is 31.2 Å². The van der Waals surface area contributed by atoms with Gasteiger partial charge in [0.15, 0.2) is 0 Å². The highest BCUT2D eigenvalue weighted by Crippen LogP contribution is 2.23. The van der Waals surface area contributed by atoms with E-state index in [9.17, 15) is 4.79 Å². The molecule has 92 valence electrons. The summed E-state index contributed by atoms with van der Waals surface area (Å²) in [6.45, 7) is 3.44. The minimum atomic E-state index is -0.298. The molecule has 0 N–H and O–H groups in total. The van der Waals surface area contributed by atoms with Crippen molar-refractivity contribution in [2.45, 2.75) is 4.90 Å². The van der Waals surface area contributed by atoms with E-state index in [1.807, 2.05) is 12.1 Å². The summed E-state index contributed by atoms with van der Waals surface area (Å²) in [4.78, 5) is 12.4. The topological polar surface area (TPSA) is 38.8 Å². The molecule has 1 aliphatic rings. The summed E-state index contributed by atoms with van der Waals surface area (Å²) in [6, 6.07) is 7.45. The first kappa shape index (κ1) is 12.4. The fourth-order valence-corrected chi connectivity index (χ4v) is 2.44. The number of esters is 1. The van der Waals surface area contributed by atoms with Crippen LogP contribution in [-0.2, 0) is 9.47 Å². The molecule has 4 nitrogen and oxygen atoms in total. The SMILES string of the molecule is COC(=O)c1ccc(SN2CCOCC2)cc1. The molecule has 17 heavy (non-hydrogen) atoms. The number of nitrogens with zero attached hydrogens (tertiary/aromatic N) is 1. The van der Waals surface area contributed by atoms with E-state index < -0.39 is 0 Å². The first-order valence-corrected chi connectivity index (χ1v) is 6.26. The van der Waals surface area contributed by atoms with Gasteiger partial charge in [0.2, 0.25) is 0 Å². The molecule has 2 rings (SSSR count). The molecule has 1 saturated heterocycles. The molecule has 0 unspecified atom stereocenters. The highest BCUT2D eigenvalue weighted by atomic mass is 32.2. The van der Waals surface area contributed by atoms with E-state index in [1.165, 1.54) is 7.11 Å². The third-order valence-corrected chi connectivity index (χ3v) is 3.59. The number of benzene rings is 1.